The van der Waals surface area contributed by atoms with Gasteiger partial charge in [0.2, 0.25) is 0 Å². The highest BCUT2D eigenvalue weighted by Crippen LogP contribution is 2.24. The first-order valence-electron chi connectivity index (χ1n) is 4.64. The SMILES string of the molecule is COc1ccccc1OC.c1cnnnc1. The molecule has 5 nitrogen and oxygen atoms in total. The molecule has 0 atom stereocenters. The maximum absolute atomic E-state index is 5.01. The maximum atomic E-state index is 5.01. The zero-order valence-electron chi connectivity index (χ0n) is 9.20. The van der Waals surface area contributed by atoms with Crippen molar-refractivity contribution in [2.75, 3.05) is 14.2 Å². The summed E-state index contributed by atoms with van der Waals surface area (Å²) in [5.74, 6) is 1.54. The third kappa shape index (κ3) is 3.91. The van der Waals surface area contributed by atoms with Gasteiger partial charge in [-0.3, -0.25) is 0 Å². The summed E-state index contributed by atoms with van der Waals surface area (Å²) in [4.78, 5) is 0. The Morgan fingerprint density at radius 1 is 0.812 bits per heavy atom. The summed E-state index contributed by atoms with van der Waals surface area (Å²) < 4.78 is 10.0. The van der Waals surface area contributed by atoms with Gasteiger partial charge in [0.15, 0.2) is 11.5 Å². The zero-order chi connectivity index (χ0) is 11.6. The molecule has 0 amide bonds. The van der Waals surface area contributed by atoms with Crippen LogP contribution in [-0.4, -0.2) is 29.6 Å². The summed E-state index contributed by atoms with van der Waals surface area (Å²) in [5.41, 5.74) is 0. The van der Waals surface area contributed by atoms with Crippen LogP contribution in [0.2, 0.25) is 0 Å². The van der Waals surface area contributed by atoms with E-state index in [0.717, 1.165) is 11.5 Å². The molecule has 0 saturated carbocycles. The number of benzene rings is 1. The molecule has 0 fully saturated rings. The maximum Gasteiger partial charge on any atom is 0.160 e. The topological polar surface area (TPSA) is 57.1 Å². The summed E-state index contributed by atoms with van der Waals surface area (Å²) in [7, 11) is 3.25. The number of nitrogens with zero attached hydrogens (tertiary/aromatic N) is 3. The Balaban J connectivity index is 0.000000181. The van der Waals surface area contributed by atoms with Crippen LogP contribution in [0.1, 0.15) is 0 Å². The van der Waals surface area contributed by atoms with Crippen molar-refractivity contribution in [3.05, 3.63) is 42.7 Å². The van der Waals surface area contributed by atoms with E-state index < -0.39 is 0 Å². The summed E-state index contributed by atoms with van der Waals surface area (Å²) in [5, 5.41) is 10.1. The Kier molecular flexibility index (Phi) is 5.33. The molecule has 5 heteroatoms. The van der Waals surface area contributed by atoms with Crippen molar-refractivity contribution in [1.29, 1.82) is 0 Å². The van der Waals surface area contributed by atoms with Gasteiger partial charge in [-0.05, 0) is 23.4 Å². The van der Waals surface area contributed by atoms with Gasteiger partial charge in [0.1, 0.15) is 0 Å². The van der Waals surface area contributed by atoms with Gasteiger partial charge >= 0.3 is 0 Å². The molecule has 0 spiro atoms. The van der Waals surface area contributed by atoms with Gasteiger partial charge in [0, 0.05) is 0 Å². The smallest absolute Gasteiger partial charge is 0.160 e. The van der Waals surface area contributed by atoms with Crippen LogP contribution >= 0.6 is 0 Å². The lowest BCUT2D eigenvalue weighted by Crippen LogP contribution is -1.88. The number of hydrogen-bond donors (Lipinski definition) is 0. The summed E-state index contributed by atoms with van der Waals surface area (Å²) >= 11 is 0. The van der Waals surface area contributed by atoms with Crippen LogP contribution in [0.25, 0.3) is 0 Å². The van der Waals surface area contributed by atoms with Crippen LogP contribution in [0.3, 0.4) is 0 Å². The Hall–Kier alpha value is -2.17. The van der Waals surface area contributed by atoms with Crippen molar-refractivity contribution in [2.45, 2.75) is 0 Å². The minimum atomic E-state index is 0.769. The molecule has 0 N–H and O–H groups in total. The Morgan fingerprint density at radius 3 is 1.56 bits per heavy atom. The second-order valence-electron chi connectivity index (χ2n) is 2.67. The van der Waals surface area contributed by atoms with Gasteiger partial charge < -0.3 is 9.47 Å². The van der Waals surface area contributed by atoms with Gasteiger partial charge in [-0.1, -0.05) is 12.1 Å². The molecule has 0 radical (unpaired) electrons. The molecule has 2 aromatic rings. The van der Waals surface area contributed by atoms with Crippen LogP contribution in [-0.2, 0) is 0 Å². The van der Waals surface area contributed by atoms with Crippen molar-refractivity contribution < 1.29 is 9.47 Å². The van der Waals surface area contributed by atoms with E-state index in [1.807, 2.05) is 24.3 Å². The van der Waals surface area contributed by atoms with E-state index in [0.29, 0.717) is 0 Å². The molecular formula is C11H13N3O2. The van der Waals surface area contributed by atoms with Crippen molar-refractivity contribution in [1.82, 2.24) is 15.4 Å². The second kappa shape index (κ2) is 7.17. The van der Waals surface area contributed by atoms with E-state index in [1.165, 1.54) is 0 Å². The van der Waals surface area contributed by atoms with Crippen LogP contribution < -0.4 is 9.47 Å². The molecule has 16 heavy (non-hydrogen) atoms. The fraction of sp³-hybridized carbons (Fsp3) is 0.182. The van der Waals surface area contributed by atoms with E-state index in [9.17, 15) is 0 Å². The summed E-state index contributed by atoms with van der Waals surface area (Å²) in [6.45, 7) is 0. The minimum absolute atomic E-state index is 0.769. The number of methoxy groups -OCH3 is 2. The molecule has 0 unspecified atom stereocenters. The first-order valence-corrected chi connectivity index (χ1v) is 4.64. The zero-order valence-corrected chi connectivity index (χ0v) is 9.20. The van der Waals surface area contributed by atoms with E-state index in [2.05, 4.69) is 15.4 Å². The molecule has 1 aromatic carbocycles. The van der Waals surface area contributed by atoms with E-state index in [4.69, 9.17) is 9.47 Å². The van der Waals surface area contributed by atoms with Crippen LogP contribution in [0, 0.1) is 0 Å². The third-order valence-corrected chi connectivity index (χ3v) is 1.70. The molecule has 0 saturated heterocycles. The van der Waals surface area contributed by atoms with E-state index in [1.54, 1.807) is 32.7 Å². The number of hydrogen-bond acceptors (Lipinski definition) is 5. The first-order chi connectivity index (χ1) is 7.88. The van der Waals surface area contributed by atoms with E-state index in [-0.39, 0.29) is 0 Å². The Morgan fingerprint density at radius 2 is 1.31 bits per heavy atom. The summed E-state index contributed by atoms with van der Waals surface area (Å²) in [6.07, 6.45) is 3.15. The quantitative estimate of drug-likeness (QED) is 0.767. The average molecular weight is 219 g/mol. The standard InChI is InChI=1S/C8H10O2.C3H3N3/c1-9-7-5-3-4-6-8(7)10-2;1-2-4-6-5-3-1/h3-6H,1-2H3;1-3H. The van der Waals surface area contributed by atoms with E-state index >= 15 is 0 Å². The van der Waals surface area contributed by atoms with Gasteiger partial charge in [-0.2, -0.15) is 0 Å². The predicted octanol–water partition coefficient (Wildman–Crippen LogP) is 1.58. The normalized spacial score (nSPS) is 8.62. The van der Waals surface area contributed by atoms with Crippen molar-refractivity contribution in [3.63, 3.8) is 0 Å². The second-order valence-corrected chi connectivity index (χ2v) is 2.67. The minimum Gasteiger partial charge on any atom is -0.493 e. The predicted molar refractivity (Wildman–Crippen MR) is 59.4 cm³/mol. The molecule has 1 aromatic heterocycles. The summed E-state index contributed by atoms with van der Waals surface area (Å²) in [6, 6.07) is 9.24. The molecule has 0 bridgehead atoms. The van der Waals surface area contributed by atoms with Crippen LogP contribution in [0.4, 0.5) is 0 Å². The van der Waals surface area contributed by atoms with Crippen molar-refractivity contribution in [3.8, 4) is 11.5 Å². The highest BCUT2D eigenvalue weighted by atomic mass is 16.5. The number of rotatable bonds is 2. The van der Waals surface area contributed by atoms with Gasteiger partial charge in [-0.25, -0.2) is 0 Å². The largest absolute Gasteiger partial charge is 0.493 e. The fourth-order valence-electron chi connectivity index (χ4n) is 0.992. The van der Waals surface area contributed by atoms with Gasteiger partial charge in [-0.15, -0.1) is 10.2 Å². The lowest BCUT2D eigenvalue weighted by molar-refractivity contribution is 0.355. The van der Waals surface area contributed by atoms with Gasteiger partial charge in [0.05, 0.1) is 26.6 Å². The molecule has 84 valence electrons. The molecule has 0 aliphatic carbocycles. The van der Waals surface area contributed by atoms with Gasteiger partial charge in [0.25, 0.3) is 0 Å². The van der Waals surface area contributed by atoms with Crippen molar-refractivity contribution >= 4 is 0 Å². The highest BCUT2D eigenvalue weighted by Gasteiger charge is 1.97. The number of ether oxygens (including phenoxy) is 2. The number of para-hydroxylation sites is 2. The lowest BCUT2D eigenvalue weighted by Gasteiger charge is -2.04. The molecule has 0 aliphatic rings. The Labute approximate surface area is 94.0 Å². The highest BCUT2D eigenvalue weighted by molar-refractivity contribution is 5.38. The molecular weight excluding hydrogens is 206 g/mol. The van der Waals surface area contributed by atoms with Crippen LogP contribution in [0.15, 0.2) is 42.7 Å². The lowest BCUT2D eigenvalue weighted by atomic mass is 10.3. The average Bonchev–Trinajstić information content (AvgIpc) is 2.41. The van der Waals surface area contributed by atoms with Crippen LogP contribution in [0.5, 0.6) is 11.5 Å². The first kappa shape index (κ1) is 11.9. The molecule has 0 aliphatic heterocycles. The molecule has 1 heterocycles. The Bertz CT molecular complexity index is 346. The monoisotopic (exact) mass is 219 g/mol. The van der Waals surface area contributed by atoms with Crippen molar-refractivity contribution in [2.24, 2.45) is 0 Å². The number of aromatic nitrogens is 3. The fourth-order valence-corrected chi connectivity index (χ4v) is 0.992. The third-order valence-electron chi connectivity index (χ3n) is 1.70. The molecule has 2 rings (SSSR count).